The summed E-state index contributed by atoms with van der Waals surface area (Å²) in [5, 5.41) is 28.6. The minimum absolute atomic E-state index is 0.0316. The number of carbonyl (C=O) groups excluding carboxylic acids is 2. The number of carboxylic acids is 1. The van der Waals surface area contributed by atoms with E-state index in [1.165, 1.54) is 56.7 Å². The predicted octanol–water partition coefficient (Wildman–Crippen LogP) is 2.32. The second-order valence-corrected chi connectivity index (χ2v) is 7.08. The fourth-order valence-corrected chi connectivity index (χ4v) is 2.91. The molecule has 2 aromatic carbocycles. The number of hydrogen-bond acceptors (Lipinski definition) is 8. The van der Waals surface area contributed by atoms with Gasteiger partial charge >= 0.3 is 5.97 Å². The average molecular weight is 455 g/mol. The number of allylic oxidation sites excluding steroid dienone is 2. The Hall–Kier alpha value is -4.11. The summed E-state index contributed by atoms with van der Waals surface area (Å²) in [6.07, 6.45) is 4.88. The van der Waals surface area contributed by atoms with Gasteiger partial charge in [-0.3, -0.25) is 14.4 Å². The zero-order valence-electron chi connectivity index (χ0n) is 18.1. The Morgan fingerprint density at radius 1 is 0.939 bits per heavy atom. The van der Waals surface area contributed by atoms with Crippen LogP contribution in [0.5, 0.6) is 23.0 Å². The first kappa shape index (κ1) is 25.2. The maximum atomic E-state index is 12.3. The molecule has 0 aliphatic carbocycles. The van der Waals surface area contributed by atoms with Gasteiger partial charge in [0, 0.05) is 0 Å². The molecule has 9 heteroatoms. The topological polar surface area (TPSA) is 156 Å². The minimum Gasteiger partial charge on any atom is -0.504 e. The zero-order valence-corrected chi connectivity index (χ0v) is 18.1. The molecule has 0 saturated carbocycles. The van der Waals surface area contributed by atoms with E-state index in [-0.39, 0.29) is 35.8 Å². The van der Waals surface area contributed by atoms with Crippen molar-refractivity contribution in [1.29, 1.82) is 0 Å². The lowest BCUT2D eigenvalue weighted by molar-refractivity contribution is -0.138. The molecule has 1 atom stereocenters. The van der Waals surface area contributed by atoms with E-state index < -0.39 is 23.6 Å². The molecule has 2 aromatic rings. The Bertz CT molecular complexity index is 1100. The number of phenolic OH excluding ortho intramolecular Hbond substituents is 2. The van der Waals surface area contributed by atoms with Gasteiger partial charge in [-0.2, -0.15) is 0 Å². The predicted molar refractivity (Wildman–Crippen MR) is 121 cm³/mol. The van der Waals surface area contributed by atoms with E-state index in [0.717, 1.165) is 0 Å². The third kappa shape index (κ3) is 7.22. The van der Waals surface area contributed by atoms with Crippen molar-refractivity contribution in [2.45, 2.75) is 18.9 Å². The number of carbonyl (C=O) groups is 3. The number of carboxylic acid groups (broad SMARTS) is 1. The van der Waals surface area contributed by atoms with Gasteiger partial charge in [0.15, 0.2) is 34.6 Å². The van der Waals surface area contributed by atoms with E-state index in [1.807, 2.05) is 0 Å². The first-order valence-corrected chi connectivity index (χ1v) is 9.81. The fourth-order valence-electron chi connectivity index (χ4n) is 2.91. The van der Waals surface area contributed by atoms with Crippen LogP contribution in [0.1, 0.15) is 23.1 Å². The Morgan fingerprint density at radius 2 is 1.55 bits per heavy atom. The molecular weight excluding hydrogens is 430 g/mol. The van der Waals surface area contributed by atoms with Gasteiger partial charge < -0.3 is 30.5 Å². The molecule has 0 amide bonds. The van der Waals surface area contributed by atoms with Crippen molar-refractivity contribution in [2.75, 3.05) is 14.2 Å². The maximum absolute atomic E-state index is 12.3. The monoisotopic (exact) mass is 455 g/mol. The van der Waals surface area contributed by atoms with Crippen molar-refractivity contribution in [3.05, 3.63) is 59.2 Å². The summed E-state index contributed by atoms with van der Waals surface area (Å²) in [6.45, 7) is 0. The highest BCUT2D eigenvalue weighted by Gasteiger charge is 2.16. The normalized spacial score (nSPS) is 12.1. The molecule has 1 unspecified atom stereocenters. The molecule has 0 saturated heterocycles. The molecule has 33 heavy (non-hydrogen) atoms. The summed E-state index contributed by atoms with van der Waals surface area (Å²) in [5.41, 5.74) is 7.03. The van der Waals surface area contributed by atoms with Crippen LogP contribution in [-0.2, 0) is 20.8 Å². The molecule has 0 radical (unpaired) electrons. The number of hydrogen-bond donors (Lipinski definition) is 4. The third-order valence-electron chi connectivity index (χ3n) is 4.66. The van der Waals surface area contributed by atoms with Crippen molar-refractivity contribution < 1.29 is 39.2 Å². The van der Waals surface area contributed by atoms with Gasteiger partial charge in [0.2, 0.25) is 0 Å². The SMILES string of the molecule is COc1cc(C=CC(=O)CC(=O)C=Cc2cc(OC)c(O)cc2CC(N)C(=O)O)ccc1O. The molecule has 0 aliphatic heterocycles. The number of aromatic hydroxyl groups is 2. The molecule has 174 valence electrons. The van der Waals surface area contributed by atoms with Gasteiger partial charge in [-0.25, -0.2) is 0 Å². The quantitative estimate of drug-likeness (QED) is 0.295. The van der Waals surface area contributed by atoms with Crippen LogP contribution in [0.3, 0.4) is 0 Å². The number of methoxy groups -OCH3 is 2. The Kier molecular flexibility index (Phi) is 8.76. The summed E-state index contributed by atoms with van der Waals surface area (Å²) in [6, 6.07) is 6.13. The van der Waals surface area contributed by atoms with Crippen LogP contribution in [0.15, 0.2) is 42.5 Å². The molecule has 0 aliphatic rings. The second kappa shape index (κ2) is 11.5. The number of aliphatic carboxylic acids is 1. The highest BCUT2D eigenvalue weighted by Crippen LogP contribution is 2.31. The molecule has 5 N–H and O–H groups in total. The highest BCUT2D eigenvalue weighted by atomic mass is 16.5. The van der Waals surface area contributed by atoms with Crippen LogP contribution in [0.4, 0.5) is 0 Å². The fraction of sp³-hybridized carbons (Fsp3) is 0.208. The molecule has 0 heterocycles. The third-order valence-corrected chi connectivity index (χ3v) is 4.66. The van der Waals surface area contributed by atoms with Crippen molar-refractivity contribution >= 4 is 29.7 Å². The van der Waals surface area contributed by atoms with E-state index in [2.05, 4.69) is 0 Å². The summed E-state index contributed by atoms with van der Waals surface area (Å²) in [7, 11) is 2.76. The molecule has 0 aromatic heterocycles. The summed E-state index contributed by atoms with van der Waals surface area (Å²) in [4.78, 5) is 35.5. The Morgan fingerprint density at radius 3 is 2.15 bits per heavy atom. The first-order chi connectivity index (χ1) is 15.6. The van der Waals surface area contributed by atoms with Crippen LogP contribution in [0.25, 0.3) is 12.2 Å². The Labute approximate surface area is 190 Å². The van der Waals surface area contributed by atoms with Crippen LogP contribution in [-0.4, -0.2) is 53.1 Å². The first-order valence-electron chi connectivity index (χ1n) is 9.81. The average Bonchev–Trinajstić information content (AvgIpc) is 2.77. The van der Waals surface area contributed by atoms with Crippen LogP contribution >= 0.6 is 0 Å². The van der Waals surface area contributed by atoms with Gasteiger partial charge in [0.05, 0.1) is 20.6 Å². The lowest BCUT2D eigenvalue weighted by atomic mass is 9.98. The molecule has 0 fully saturated rings. The van der Waals surface area contributed by atoms with Crippen molar-refractivity contribution in [2.24, 2.45) is 5.73 Å². The van der Waals surface area contributed by atoms with E-state index in [0.29, 0.717) is 16.7 Å². The van der Waals surface area contributed by atoms with E-state index >= 15 is 0 Å². The largest absolute Gasteiger partial charge is 0.504 e. The van der Waals surface area contributed by atoms with E-state index in [4.69, 9.17) is 20.3 Å². The maximum Gasteiger partial charge on any atom is 0.320 e. The number of rotatable bonds is 11. The zero-order chi connectivity index (χ0) is 24.5. The minimum atomic E-state index is -1.21. The van der Waals surface area contributed by atoms with Crippen molar-refractivity contribution in [1.82, 2.24) is 0 Å². The van der Waals surface area contributed by atoms with Crippen molar-refractivity contribution in [3.63, 3.8) is 0 Å². The molecular formula is C24H25NO8. The van der Waals surface area contributed by atoms with Gasteiger partial charge in [-0.05, 0) is 59.5 Å². The van der Waals surface area contributed by atoms with Gasteiger partial charge in [-0.1, -0.05) is 18.2 Å². The molecule has 9 nitrogen and oxygen atoms in total. The standard InChI is InChI=1S/C24H25NO8/c1-32-22-9-14(4-8-20(22)28)3-6-17(26)13-18(27)7-5-15-12-23(33-2)21(29)11-16(15)10-19(25)24(30)31/h3-9,11-12,19,28-29H,10,13,25H2,1-2H3,(H,30,31). The number of benzene rings is 2. The second-order valence-electron chi connectivity index (χ2n) is 7.08. The lowest BCUT2D eigenvalue weighted by Crippen LogP contribution is -2.32. The van der Waals surface area contributed by atoms with E-state index in [1.54, 1.807) is 12.1 Å². The summed E-state index contributed by atoms with van der Waals surface area (Å²) < 4.78 is 10.1. The van der Waals surface area contributed by atoms with Crippen molar-refractivity contribution in [3.8, 4) is 23.0 Å². The van der Waals surface area contributed by atoms with Crippen LogP contribution in [0, 0.1) is 0 Å². The number of ether oxygens (including phenoxy) is 2. The smallest absolute Gasteiger partial charge is 0.320 e. The van der Waals surface area contributed by atoms with Gasteiger partial charge in [-0.15, -0.1) is 0 Å². The summed E-state index contributed by atoms with van der Waals surface area (Å²) in [5.74, 6) is -1.96. The Balaban J connectivity index is 2.12. The van der Waals surface area contributed by atoms with E-state index in [9.17, 15) is 24.6 Å². The lowest BCUT2D eigenvalue weighted by Gasteiger charge is -2.13. The molecule has 2 rings (SSSR count). The van der Waals surface area contributed by atoms with Crippen LogP contribution < -0.4 is 15.2 Å². The summed E-state index contributed by atoms with van der Waals surface area (Å²) >= 11 is 0. The number of phenols is 2. The highest BCUT2D eigenvalue weighted by molar-refractivity contribution is 6.11. The molecule has 0 bridgehead atoms. The van der Waals surface area contributed by atoms with Gasteiger partial charge in [0.25, 0.3) is 0 Å². The molecule has 0 spiro atoms. The van der Waals surface area contributed by atoms with Crippen LogP contribution in [0.2, 0.25) is 0 Å². The number of nitrogens with two attached hydrogens (primary N) is 1. The van der Waals surface area contributed by atoms with Gasteiger partial charge in [0.1, 0.15) is 6.04 Å². The number of ketones is 2.